The van der Waals surface area contributed by atoms with Gasteiger partial charge in [0.25, 0.3) is 0 Å². The summed E-state index contributed by atoms with van der Waals surface area (Å²) in [5.41, 5.74) is 8.86. The van der Waals surface area contributed by atoms with E-state index in [0.717, 1.165) is 23.0 Å². The molecule has 0 bridgehead atoms. The summed E-state index contributed by atoms with van der Waals surface area (Å²) in [6.45, 7) is 0.834. The molecule has 0 spiro atoms. The molecular formula is C18H20F3N3. The molecule has 0 fully saturated rings. The van der Waals surface area contributed by atoms with Gasteiger partial charge in [0.05, 0.1) is 11.6 Å². The van der Waals surface area contributed by atoms with Gasteiger partial charge in [0.1, 0.15) is 0 Å². The topological polar surface area (TPSA) is 32.5 Å². The highest BCUT2D eigenvalue weighted by molar-refractivity contribution is 5.60. The second-order valence-corrected chi connectivity index (χ2v) is 6.20. The van der Waals surface area contributed by atoms with Gasteiger partial charge in [-0.05, 0) is 47.5 Å². The van der Waals surface area contributed by atoms with E-state index in [9.17, 15) is 13.2 Å². The number of hydrogen-bond acceptors (Lipinski definition) is 3. The number of anilines is 2. The molecule has 24 heavy (non-hydrogen) atoms. The normalized spacial score (nSPS) is 17.1. The standard InChI is InChI=1S/C18H20F3N3/c1-23(2)14-5-7-15(8-6-14)24-11-12-3-4-13(18(19,20)21)9-16(12)17(24)10-22/h3-9,17H,10-11,22H2,1-2H3. The van der Waals surface area contributed by atoms with E-state index >= 15 is 0 Å². The molecule has 2 N–H and O–H groups in total. The fourth-order valence-electron chi connectivity index (χ4n) is 3.15. The third-order valence-electron chi connectivity index (χ3n) is 4.47. The molecule has 2 aromatic carbocycles. The van der Waals surface area contributed by atoms with Crippen LogP contribution in [0.25, 0.3) is 0 Å². The summed E-state index contributed by atoms with van der Waals surface area (Å²) in [4.78, 5) is 4.06. The van der Waals surface area contributed by atoms with Crippen LogP contribution < -0.4 is 15.5 Å². The molecule has 1 atom stereocenters. The Morgan fingerprint density at radius 3 is 2.33 bits per heavy atom. The smallest absolute Gasteiger partial charge is 0.378 e. The number of alkyl halides is 3. The zero-order valence-corrected chi connectivity index (χ0v) is 13.6. The van der Waals surface area contributed by atoms with Crippen LogP contribution >= 0.6 is 0 Å². The highest BCUT2D eigenvalue weighted by Crippen LogP contribution is 2.40. The summed E-state index contributed by atoms with van der Waals surface area (Å²) >= 11 is 0. The van der Waals surface area contributed by atoms with Crippen LogP contribution in [-0.2, 0) is 12.7 Å². The van der Waals surface area contributed by atoms with Crippen molar-refractivity contribution in [3.63, 3.8) is 0 Å². The van der Waals surface area contributed by atoms with Crippen LogP contribution in [0.3, 0.4) is 0 Å². The fraction of sp³-hybridized carbons (Fsp3) is 0.333. The maximum absolute atomic E-state index is 13.0. The maximum Gasteiger partial charge on any atom is 0.416 e. The number of halogens is 3. The Morgan fingerprint density at radius 2 is 1.79 bits per heavy atom. The maximum atomic E-state index is 13.0. The van der Waals surface area contributed by atoms with Crippen LogP contribution in [0.2, 0.25) is 0 Å². The SMILES string of the molecule is CN(C)c1ccc(N2Cc3ccc(C(F)(F)F)cc3C2CN)cc1. The van der Waals surface area contributed by atoms with Gasteiger partial charge in [0, 0.05) is 38.6 Å². The molecule has 0 radical (unpaired) electrons. The molecule has 2 aromatic rings. The number of fused-ring (bicyclic) bond motifs is 1. The lowest BCUT2D eigenvalue weighted by atomic mass is 10.0. The number of nitrogens with two attached hydrogens (primary N) is 1. The molecule has 3 nitrogen and oxygen atoms in total. The molecule has 0 amide bonds. The largest absolute Gasteiger partial charge is 0.416 e. The van der Waals surface area contributed by atoms with Crippen molar-refractivity contribution in [2.75, 3.05) is 30.4 Å². The second-order valence-electron chi connectivity index (χ2n) is 6.20. The average molecular weight is 335 g/mol. The van der Waals surface area contributed by atoms with E-state index in [-0.39, 0.29) is 12.6 Å². The van der Waals surface area contributed by atoms with Crippen LogP contribution in [0.5, 0.6) is 0 Å². The van der Waals surface area contributed by atoms with Crippen LogP contribution in [0.15, 0.2) is 42.5 Å². The molecule has 0 aliphatic carbocycles. The van der Waals surface area contributed by atoms with Gasteiger partial charge < -0.3 is 15.5 Å². The predicted molar refractivity (Wildman–Crippen MR) is 90.2 cm³/mol. The summed E-state index contributed by atoms with van der Waals surface area (Å²) in [6.07, 6.45) is -4.34. The van der Waals surface area contributed by atoms with E-state index in [0.29, 0.717) is 12.1 Å². The van der Waals surface area contributed by atoms with E-state index < -0.39 is 11.7 Å². The zero-order chi connectivity index (χ0) is 17.5. The van der Waals surface area contributed by atoms with Crippen LogP contribution in [0.1, 0.15) is 22.7 Å². The highest BCUT2D eigenvalue weighted by atomic mass is 19.4. The second kappa shape index (κ2) is 6.02. The molecule has 0 saturated carbocycles. The van der Waals surface area contributed by atoms with Crippen molar-refractivity contribution in [2.24, 2.45) is 5.73 Å². The molecule has 0 saturated heterocycles. The van der Waals surface area contributed by atoms with Crippen molar-refractivity contribution >= 4 is 11.4 Å². The Bertz CT molecular complexity index is 723. The van der Waals surface area contributed by atoms with Crippen LogP contribution in [0, 0.1) is 0 Å². The van der Waals surface area contributed by atoms with Gasteiger partial charge in [-0.1, -0.05) is 6.07 Å². The van der Waals surface area contributed by atoms with Gasteiger partial charge in [0.15, 0.2) is 0 Å². The molecule has 1 aliphatic heterocycles. The third kappa shape index (κ3) is 2.94. The van der Waals surface area contributed by atoms with Gasteiger partial charge in [-0.15, -0.1) is 0 Å². The van der Waals surface area contributed by atoms with E-state index in [2.05, 4.69) is 4.90 Å². The Kier molecular flexibility index (Phi) is 4.17. The molecule has 0 aromatic heterocycles. The minimum absolute atomic E-state index is 0.243. The lowest BCUT2D eigenvalue weighted by molar-refractivity contribution is -0.137. The first kappa shape index (κ1) is 16.6. The van der Waals surface area contributed by atoms with Gasteiger partial charge >= 0.3 is 6.18 Å². The first-order valence-electron chi connectivity index (χ1n) is 7.75. The van der Waals surface area contributed by atoms with E-state index in [1.54, 1.807) is 6.07 Å². The Balaban J connectivity index is 1.94. The van der Waals surface area contributed by atoms with Crippen molar-refractivity contribution in [1.29, 1.82) is 0 Å². The number of benzene rings is 2. The summed E-state index contributed by atoms with van der Waals surface area (Å²) in [5.74, 6) is 0. The monoisotopic (exact) mass is 335 g/mol. The van der Waals surface area contributed by atoms with Gasteiger partial charge in [-0.25, -0.2) is 0 Å². The number of hydrogen-bond donors (Lipinski definition) is 1. The molecular weight excluding hydrogens is 315 g/mol. The summed E-state index contributed by atoms with van der Waals surface area (Å²) in [6, 6.07) is 11.7. The molecule has 6 heteroatoms. The first-order valence-corrected chi connectivity index (χ1v) is 7.75. The summed E-state index contributed by atoms with van der Waals surface area (Å²) < 4.78 is 38.9. The number of nitrogens with zero attached hydrogens (tertiary/aromatic N) is 2. The van der Waals surface area contributed by atoms with Gasteiger partial charge in [-0.3, -0.25) is 0 Å². The quantitative estimate of drug-likeness (QED) is 0.926. The van der Waals surface area contributed by atoms with E-state index in [1.165, 1.54) is 6.07 Å². The van der Waals surface area contributed by atoms with Crippen molar-refractivity contribution in [1.82, 2.24) is 0 Å². The minimum atomic E-state index is -4.34. The molecule has 128 valence electrons. The summed E-state index contributed by atoms with van der Waals surface area (Å²) in [5, 5.41) is 0. The van der Waals surface area contributed by atoms with Crippen molar-refractivity contribution in [2.45, 2.75) is 18.8 Å². The predicted octanol–water partition coefficient (Wildman–Crippen LogP) is 3.79. The first-order chi connectivity index (χ1) is 11.3. The molecule has 1 unspecified atom stereocenters. The summed E-state index contributed by atoms with van der Waals surface area (Å²) in [7, 11) is 3.92. The van der Waals surface area contributed by atoms with Crippen molar-refractivity contribution in [3.8, 4) is 0 Å². The average Bonchev–Trinajstić information content (AvgIpc) is 2.91. The Morgan fingerprint density at radius 1 is 1.12 bits per heavy atom. The lowest BCUT2D eigenvalue weighted by Gasteiger charge is -2.27. The highest BCUT2D eigenvalue weighted by Gasteiger charge is 2.35. The minimum Gasteiger partial charge on any atom is -0.378 e. The van der Waals surface area contributed by atoms with Gasteiger partial charge in [-0.2, -0.15) is 13.2 Å². The van der Waals surface area contributed by atoms with Crippen LogP contribution in [-0.4, -0.2) is 20.6 Å². The Hall–Kier alpha value is -2.21. The zero-order valence-electron chi connectivity index (χ0n) is 13.6. The number of rotatable bonds is 3. The Labute approximate surface area is 139 Å². The molecule has 3 rings (SSSR count). The van der Waals surface area contributed by atoms with E-state index in [4.69, 9.17) is 5.73 Å². The van der Waals surface area contributed by atoms with E-state index in [1.807, 2.05) is 43.3 Å². The third-order valence-corrected chi connectivity index (χ3v) is 4.47. The fourth-order valence-corrected chi connectivity index (χ4v) is 3.15. The molecule has 1 heterocycles. The molecule has 1 aliphatic rings. The lowest BCUT2D eigenvalue weighted by Crippen LogP contribution is -2.27. The van der Waals surface area contributed by atoms with Crippen molar-refractivity contribution < 1.29 is 13.2 Å². The van der Waals surface area contributed by atoms with Crippen LogP contribution in [0.4, 0.5) is 24.5 Å². The van der Waals surface area contributed by atoms with Crippen molar-refractivity contribution in [3.05, 3.63) is 59.2 Å². The van der Waals surface area contributed by atoms with Gasteiger partial charge in [0.2, 0.25) is 0 Å².